The van der Waals surface area contributed by atoms with E-state index in [1.165, 1.54) is 11.1 Å². The zero-order valence-corrected chi connectivity index (χ0v) is 23.1. The molecule has 0 saturated carbocycles. The number of rotatable bonds is 14. The van der Waals surface area contributed by atoms with Gasteiger partial charge in [0.2, 0.25) is 11.7 Å². The van der Waals surface area contributed by atoms with Crippen molar-refractivity contribution in [2.45, 2.75) is 59.6 Å². The molecule has 2 aromatic carbocycles. The lowest BCUT2D eigenvalue weighted by molar-refractivity contribution is -0.124. The van der Waals surface area contributed by atoms with E-state index in [-0.39, 0.29) is 13.2 Å². The number of carbonyl (C=O) groups is 1. The maximum absolute atomic E-state index is 11.2. The molecule has 0 aliphatic carbocycles. The number of hydrogen-bond acceptors (Lipinski definition) is 8. The van der Waals surface area contributed by atoms with Crippen molar-refractivity contribution in [2.24, 2.45) is 0 Å². The number of aliphatic hydroxyl groups is 2. The van der Waals surface area contributed by atoms with Gasteiger partial charge >= 0.3 is 0 Å². The largest absolute Gasteiger partial charge is 0.490 e. The first kappa shape index (κ1) is 29.3. The van der Waals surface area contributed by atoms with Crippen molar-refractivity contribution in [3.63, 3.8) is 0 Å². The standard InChI is InChI=1S/C29H40N4O5/c1-6-9-33(5)16-21-11-20(7-2)12-24(13-21)29-31-28(32-38-29)23-10-19(4)27(22(8-3)14-23)37-18-25(35)15-30-26(36)17-34/h10-14,25,34-35H,6-9,15-18H2,1-5H3,(H,30,36)/t25-/m0/s1. The summed E-state index contributed by atoms with van der Waals surface area (Å²) in [6.45, 7) is 9.57. The van der Waals surface area contributed by atoms with Crippen LogP contribution in [0.2, 0.25) is 0 Å². The van der Waals surface area contributed by atoms with Gasteiger partial charge < -0.3 is 29.7 Å². The molecule has 0 aliphatic heterocycles. The maximum Gasteiger partial charge on any atom is 0.258 e. The molecule has 1 amide bonds. The van der Waals surface area contributed by atoms with Crippen LogP contribution in [0.1, 0.15) is 49.4 Å². The number of hydrogen-bond donors (Lipinski definition) is 3. The molecule has 9 nitrogen and oxygen atoms in total. The predicted octanol–water partition coefficient (Wildman–Crippen LogP) is 3.53. The summed E-state index contributed by atoms with van der Waals surface area (Å²) in [7, 11) is 2.13. The first-order chi connectivity index (χ1) is 18.3. The molecule has 0 saturated heterocycles. The topological polar surface area (TPSA) is 121 Å². The Hall–Kier alpha value is -3.27. The van der Waals surface area contributed by atoms with E-state index >= 15 is 0 Å². The van der Waals surface area contributed by atoms with E-state index in [4.69, 9.17) is 19.4 Å². The summed E-state index contributed by atoms with van der Waals surface area (Å²) < 4.78 is 11.6. The van der Waals surface area contributed by atoms with Gasteiger partial charge in [-0.1, -0.05) is 32.0 Å². The van der Waals surface area contributed by atoms with Crippen molar-refractivity contribution in [3.05, 3.63) is 52.6 Å². The van der Waals surface area contributed by atoms with Gasteiger partial charge in [-0.25, -0.2) is 0 Å². The smallest absolute Gasteiger partial charge is 0.258 e. The van der Waals surface area contributed by atoms with Crippen molar-refractivity contribution in [2.75, 3.05) is 33.4 Å². The number of benzene rings is 2. The molecule has 0 fully saturated rings. The second-order valence-corrected chi connectivity index (χ2v) is 9.61. The van der Waals surface area contributed by atoms with Gasteiger partial charge in [0, 0.05) is 24.2 Å². The average molecular weight is 525 g/mol. The molecular formula is C29H40N4O5. The molecule has 3 rings (SSSR count). The Bertz CT molecular complexity index is 1210. The molecule has 0 bridgehead atoms. The number of amides is 1. The fourth-order valence-corrected chi connectivity index (χ4v) is 4.38. The first-order valence-electron chi connectivity index (χ1n) is 13.3. The molecule has 0 unspecified atom stereocenters. The summed E-state index contributed by atoms with van der Waals surface area (Å²) in [5, 5.41) is 25.6. The normalized spacial score (nSPS) is 12.1. The van der Waals surface area contributed by atoms with Gasteiger partial charge in [-0.15, -0.1) is 0 Å². The van der Waals surface area contributed by atoms with Crippen LogP contribution in [0.4, 0.5) is 0 Å². The summed E-state index contributed by atoms with van der Waals surface area (Å²) in [5.74, 6) is 1.13. The fourth-order valence-electron chi connectivity index (χ4n) is 4.38. The maximum atomic E-state index is 11.2. The van der Waals surface area contributed by atoms with E-state index in [0.717, 1.165) is 48.2 Å². The number of aryl methyl sites for hydroxylation is 3. The van der Waals surface area contributed by atoms with Gasteiger partial charge in [0.25, 0.3) is 5.89 Å². The van der Waals surface area contributed by atoms with Crippen LogP contribution >= 0.6 is 0 Å². The molecule has 0 aliphatic rings. The molecule has 3 N–H and O–H groups in total. The Morgan fingerprint density at radius 2 is 1.87 bits per heavy atom. The van der Waals surface area contributed by atoms with Crippen molar-refractivity contribution in [1.82, 2.24) is 20.4 Å². The molecule has 9 heteroatoms. The lowest BCUT2D eigenvalue weighted by Crippen LogP contribution is -2.36. The highest BCUT2D eigenvalue weighted by atomic mass is 16.5. The van der Waals surface area contributed by atoms with E-state index in [1.807, 2.05) is 26.0 Å². The lowest BCUT2D eigenvalue weighted by Gasteiger charge is -2.17. The zero-order chi connectivity index (χ0) is 27.7. The molecule has 1 heterocycles. The SMILES string of the molecule is CCCN(C)Cc1cc(CC)cc(-c2nc(-c3cc(C)c(OC[C@@H](O)CNC(=O)CO)c(CC)c3)no2)c1. The highest BCUT2D eigenvalue weighted by Crippen LogP contribution is 2.31. The van der Waals surface area contributed by atoms with E-state index in [0.29, 0.717) is 23.9 Å². The van der Waals surface area contributed by atoms with Crippen LogP contribution in [0.25, 0.3) is 22.8 Å². The zero-order valence-electron chi connectivity index (χ0n) is 23.1. The third-order valence-corrected chi connectivity index (χ3v) is 6.28. The van der Waals surface area contributed by atoms with Crippen LogP contribution < -0.4 is 10.1 Å². The van der Waals surface area contributed by atoms with Gasteiger partial charge in [-0.2, -0.15) is 4.98 Å². The molecular weight excluding hydrogens is 484 g/mol. The minimum Gasteiger partial charge on any atom is -0.490 e. The number of ether oxygens (including phenoxy) is 1. The minimum atomic E-state index is -0.903. The summed E-state index contributed by atoms with van der Waals surface area (Å²) >= 11 is 0. The van der Waals surface area contributed by atoms with Crippen molar-refractivity contribution < 1.29 is 24.3 Å². The summed E-state index contributed by atoms with van der Waals surface area (Å²) in [6.07, 6.45) is 1.83. The third-order valence-electron chi connectivity index (χ3n) is 6.28. The lowest BCUT2D eigenvalue weighted by atomic mass is 10.0. The Morgan fingerprint density at radius 3 is 2.55 bits per heavy atom. The van der Waals surface area contributed by atoms with Crippen molar-refractivity contribution in [1.29, 1.82) is 0 Å². The van der Waals surface area contributed by atoms with E-state index in [9.17, 15) is 9.90 Å². The number of nitrogens with zero attached hydrogens (tertiary/aromatic N) is 3. The summed E-state index contributed by atoms with van der Waals surface area (Å²) in [4.78, 5) is 18.2. The highest BCUT2D eigenvalue weighted by molar-refractivity contribution is 5.76. The Labute approximate surface area is 224 Å². The van der Waals surface area contributed by atoms with Gasteiger partial charge in [-0.05, 0) is 86.3 Å². The number of nitrogens with one attached hydrogen (secondary N) is 1. The fraction of sp³-hybridized carbons (Fsp3) is 0.483. The average Bonchev–Trinajstić information content (AvgIpc) is 3.41. The number of aromatic nitrogens is 2. The molecule has 3 aromatic rings. The quantitative estimate of drug-likeness (QED) is 0.293. The molecule has 1 atom stereocenters. The van der Waals surface area contributed by atoms with E-state index in [2.05, 4.69) is 54.5 Å². The number of carbonyl (C=O) groups excluding carboxylic acids is 1. The second kappa shape index (κ2) is 14.0. The summed E-state index contributed by atoms with van der Waals surface area (Å²) in [6, 6.07) is 10.4. The van der Waals surface area contributed by atoms with Gasteiger partial charge in [0.1, 0.15) is 25.1 Å². The van der Waals surface area contributed by atoms with Crippen LogP contribution in [0.5, 0.6) is 5.75 Å². The van der Waals surface area contributed by atoms with Crippen LogP contribution in [0, 0.1) is 6.92 Å². The van der Waals surface area contributed by atoms with Gasteiger partial charge in [0.05, 0.1) is 0 Å². The first-order valence-corrected chi connectivity index (χ1v) is 13.3. The van der Waals surface area contributed by atoms with Crippen LogP contribution in [-0.4, -0.2) is 70.6 Å². The van der Waals surface area contributed by atoms with Crippen molar-refractivity contribution in [3.8, 4) is 28.6 Å². The highest BCUT2D eigenvalue weighted by Gasteiger charge is 2.17. The van der Waals surface area contributed by atoms with Crippen molar-refractivity contribution >= 4 is 5.91 Å². The van der Waals surface area contributed by atoms with E-state index < -0.39 is 18.6 Å². The molecule has 38 heavy (non-hydrogen) atoms. The predicted molar refractivity (Wildman–Crippen MR) is 147 cm³/mol. The van der Waals surface area contributed by atoms with Crippen LogP contribution in [-0.2, 0) is 24.2 Å². The van der Waals surface area contributed by atoms with Gasteiger partial charge in [-0.3, -0.25) is 4.79 Å². The van der Waals surface area contributed by atoms with Crippen LogP contribution in [0.15, 0.2) is 34.9 Å². The summed E-state index contributed by atoms with van der Waals surface area (Å²) in [5.41, 5.74) is 6.02. The Morgan fingerprint density at radius 1 is 1.11 bits per heavy atom. The minimum absolute atomic E-state index is 0.000540. The molecule has 0 radical (unpaired) electrons. The van der Waals surface area contributed by atoms with E-state index in [1.54, 1.807) is 0 Å². The van der Waals surface area contributed by atoms with Crippen LogP contribution in [0.3, 0.4) is 0 Å². The Balaban J connectivity index is 1.80. The number of aliphatic hydroxyl groups excluding tert-OH is 2. The molecule has 1 aromatic heterocycles. The Kier molecular flexibility index (Phi) is 10.8. The van der Waals surface area contributed by atoms with Gasteiger partial charge in [0.15, 0.2) is 0 Å². The third kappa shape index (κ3) is 7.86. The monoisotopic (exact) mass is 524 g/mol. The molecule has 0 spiro atoms. The molecule has 206 valence electrons. The second-order valence-electron chi connectivity index (χ2n) is 9.61.